The van der Waals surface area contributed by atoms with E-state index in [1.165, 1.54) is 18.2 Å². The molecule has 0 atom stereocenters. The van der Waals surface area contributed by atoms with Crippen molar-refractivity contribution in [1.29, 1.82) is 0 Å². The molecule has 5 aromatic rings. The van der Waals surface area contributed by atoms with E-state index in [1.54, 1.807) is 23.7 Å². The highest BCUT2D eigenvalue weighted by atomic mass is 19.4. The van der Waals surface area contributed by atoms with Crippen LogP contribution >= 0.6 is 0 Å². The van der Waals surface area contributed by atoms with Gasteiger partial charge in [-0.25, -0.2) is 4.79 Å². The number of carboxylic acid groups (broad SMARTS) is 1. The molecule has 0 unspecified atom stereocenters. The van der Waals surface area contributed by atoms with Crippen LogP contribution in [0.2, 0.25) is 0 Å². The zero-order valence-electron chi connectivity index (χ0n) is 22.2. The van der Waals surface area contributed by atoms with E-state index in [-0.39, 0.29) is 35.2 Å². The van der Waals surface area contributed by atoms with Crippen molar-refractivity contribution in [3.05, 3.63) is 89.3 Å². The molecule has 1 aliphatic rings. The lowest BCUT2D eigenvalue weighted by Crippen LogP contribution is -2.17. The average molecular weight is 563 g/mol. The van der Waals surface area contributed by atoms with Gasteiger partial charge in [0.1, 0.15) is 35.3 Å². The largest absolute Gasteiger partial charge is 0.573 e. The van der Waals surface area contributed by atoms with Crippen LogP contribution in [0.1, 0.15) is 46.1 Å². The molecule has 7 nitrogen and oxygen atoms in total. The quantitative estimate of drug-likeness (QED) is 0.207. The summed E-state index contributed by atoms with van der Waals surface area (Å²) in [5.41, 5.74) is 4.87. The zero-order chi connectivity index (χ0) is 28.9. The zero-order valence-corrected chi connectivity index (χ0v) is 22.2. The highest BCUT2D eigenvalue weighted by molar-refractivity contribution is 5.96. The summed E-state index contributed by atoms with van der Waals surface area (Å²) in [5, 5.41) is 14.4. The smallest absolute Gasteiger partial charge is 0.489 e. The predicted molar refractivity (Wildman–Crippen MR) is 145 cm³/mol. The number of aromatic nitrogens is 2. The molecule has 10 heteroatoms. The van der Waals surface area contributed by atoms with Crippen molar-refractivity contribution in [2.75, 3.05) is 0 Å². The van der Waals surface area contributed by atoms with Gasteiger partial charge in [-0.2, -0.15) is 0 Å². The van der Waals surface area contributed by atoms with E-state index < -0.39 is 12.3 Å². The van der Waals surface area contributed by atoms with Gasteiger partial charge >= 0.3 is 12.3 Å². The summed E-state index contributed by atoms with van der Waals surface area (Å²) in [4.78, 5) is 11.5. The molecule has 2 aromatic heterocycles. The van der Waals surface area contributed by atoms with E-state index in [0.29, 0.717) is 17.1 Å². The Bertz CT molecular complexity index is 1780. The summed E-state index contributed by atoms with van der Waals surface area (Å²) >= 11 is 0. The van der Waals surface area contributed by atoms with Gasteiger partial charge in [0, 0.05) is 29.4 Å². The fourth-order valence-corrected chi connectivity index (χ4v) is 5.12. The van der Waals surface area contributed by atoms with Crippen LogP contribution in [0.5, 0.6) is 11.5 Å². The van der Waals surface area contributed by atoms with Gasteiger partial charge in [-0.1, -0.05) is 35.5 Å². The van der Waals surface area contributed by atoms with Crippen molar-refractivity contribution in [2.45, 2.75) is 38.7 Å². The predicted octanol–water partition coefficient (Wildman–Crippen LogP) is 7.86. The average Bonchev–Trinajstić information content (AvgIpc) is 3.60. The number of carboxylic acids is 1. The minimum atomic E-state index is -4.85. The van der Waals surface area contributed by atoms with Gasteiger partial charge in [0.05, 0.1) is 5.56 Å². The van der Waals surface area contributed by atoms with E-state index in [9.17, 15) is 23.1 Å². The molecule has 1 saturated carbocycles. The normalized spacial score (nSPS) is 13.5. The van der Waals surface area contributed by atoms with Gasteiger partial charge in [-0.15, -0.1) is 13.2 Å². The molecular weight excluding hydrogens is 537 g/mol. The van der Waals surface area contributed by atoms with Crippen molar-refractivity contribution in [1.82, 2.24) is 9.72 Å². The monoisotopic (exact) mass is 562 g/mol. The number of fused-ring (bicyclic) bond motifs is 1. The summed E-state index contributed by atoms with van der Waals surface area (Å²) in [5.74, 6) is 0.00597. The van der Waals surface area contributed by atoms with Gasteiger partial charge < -0.3 is 23.7 Å². The maximum Gasteiger partial charge on any atom is 0.573 e. The second-order valence-electron chi connectivity index (χ2n) is 10.1. The number of hydrogen-bond acceptors (Lipinski definition) is 5. The Hall–Kier alpha value is -4.73. The maximum atomic E-state index is 13.1. The molecule has 0 amide bonds. The number of ether oxygens (including phenoxy) is 2. The molecule has 2 heterocycles. The summed E-state index contributed by atoms with van der Waals surface area (Å²) in [7, 11) is 1.72. The van der Waals surface area contributed by atoms with Crippen molar-refractivity contribution < 1.29 is 37.1 Å². The van der Waals surface area contributed by atoms with Crippen LogP contribution in [-0.4, -0.2) is 27.2 Å². The molecule has 210 valence electrons. The molecule has 0 spiro atoms. The molecule has 0 bridgehead atoms. The number of aryl methyl sites for hydroxylation is 2. The minimum Gasteiger partial charge on any atom is -0.489 e. The molecule has 41 heavy (non-hydrogen) atoms. The summed E-state index contributed by atoms with van der Waals surface area (Å²) in [6.07, 6.45) is -3.02. The van der Waals surface area contributed by atoms with Crippen LogP contribution in [-0.2, 0) is 13.7 Å². The highest BCUT2D eigenvalue weighted by Gasteiger charge is 2.36. The first kappa shape index (κ1) is 26.5. The number of para-hydroxylation sites is 1. The number of alkyl halides is 3. The Labute approximate surface area is 232 Å². The summed E-state index contributed by atoms with van der Waals surface area (Å²) in [6, 6.07) is 18.9. The number of benzene rings is 3. The standard InChI is InChI=1S/C31H25F3N2O5/c1-17-13-21(11-12-22(17)19-9-10-20-15-26(30(37)38)36(2)25(20)14-19)39-16-24-28(35-41-29(24)18-7-8-18)23-5-3-4-6-27(23)40-31(32,33)34/h3-6,9-15,18H,7-8,16H2,1-2H3,(H,37,38). The highest BCUT2D eigenvalue weighted by Crippen LogP contribution is 2.45. The lowest BCUT2D eigenvalue weighted by molar-refractivity contribution is -0.274. The Balaban J connectivity index is 1.28. The first-order chi connectivity index (χ1) is 19.6. The van der Waals surface area contributed by atoms with Crippen LogP contribution in [0.15, 0.2) is 71.3 Å². The Morgan fingerprint density at radius 3 is 2.56 bits per heavy atom. The van der Waals surface area contributed by atoms with Crippen LogP contribution in [0, 0.1) is 6.92 Å². The minimum absolute atomic E-state index is 0.0527. The van der Waals surface area contributed by atoms with Gasteiger partial charge in [0.15, 0.2) is 0 Å². The molecular formula is C31H25F3N2O5. The summed E-state index contributed by atoms with van der Waals surface area (Å²) < 4.78 is 56.8. The van der Waals surface area contributed by atoms with E-state index in [1.807, 2.05) is 43.3 Å². The SMILES string of the molecule is Cc1cc(OCc2c(-c3ccccc3OC(F)(F)F)noc2C2CC2)ccc1-c1ccc2cc(C(=O)O)n(C)c2c1. The van der Waals surface area contributed by atoms with E-state index in [2.05, 4.69) is 9.89 Å². The van der Waals surface area contributed by atoms with Gasteiger partial charge in [-0.05, 0) is 72.9 Å². The molecule has 0 aliphatic heterocycles. The van der Waals surface area contributed by atoms with Gasteiger partial charge in [-0.3, -0.25) is 0 Å². The lowest BCUT2D eigenvalue weighted by atomic mass is 9.99. The number of aromatic carboxylic acids is 1. The number of halogens is 3. The van der Waals surface area contributed by atoms with Gasteiger partial charge in [0.2, 0.25) is 0 Å². The third-order valence-corrected chi connectivity index (χ3v) is 7.29. The van der Waals surface area contributed by atoms with Crippen LogP contribution < -0.4 is 9.47 Å². The number of nitrogens with zero attached hydrogens (tertiary/aromatic N) is 2. The van der Waals surface area contributed by atoms with Crippen molar-refractivity contribution in [3.8, 4) is 33.9 Å². The fraction of sp³-hybridized carbons (Fsp3) is 0.226. The third kappa shape index (κ3) is 5.25. The summed E-state index contributed by atoms with van der Waals surface area (Å²) in [6.45, 7) is 2.00. The van der Waals surface area contributed by atoms with E-state index >= 15 is 0 Å². The number of hydrogen-bond donors (Lipinski definition) is 1. The molecule has 0 saturated heterocycles. The van der Waals surface area contributed by atoms with Crippen molar-refractivity contribution in [2.24, 2.45) is 7.05 Å². The molecule has 1 aliphatic carbocycles. The molecule has 3 aromatic carbocycles. The fourth-order valence-electron chi connectivity index (χ4n) is 5.12. The van der Waals surface area contributed by atoms with Crippen molar-refractivity contribution >= 4 is 16.9 Å². The second-order valence-corrected chi connectivity index (χ2v) is 10.1. The topological polar surface area (TPSA) is 86.7 Å². The third-order valence-electron chi connectivity index (χ3n) is 7.29. The maximum absolute atomic E-state index is 13.1. The number of carbonyl (C=O) groups is 1. The first-order valence-electron chi connectivity index (χ1n) is 13.0. The van der Waals surface area contributed by atoms with E-state index in [0.717, 1.165) is 40.4 Å². The van der Waals surface area contributed by atoms with E-state index in [4.69, 9.17) is 9.26 Å². The van der Waals surface area contributed by atoms with Crippen LogP contribution in [0.3, 0.4) is 0 Å². The van der Waals surface area contributed by atoms with Crippen molar-refractivity contribution in [3.63, 3.8) is 0 Å². The second kappa shape index (κ2) is 10.0. The van der Waals surface area contributed by atoms with Crippen LogP contribution in [0.4, 0.5) is 13.2 Å². The molecule has 6 rings (SSSR count). The Kier molecular flexibility index (Phi) is 6.48. The molecule has 0 radical (unpaired) electrons. The molecule has 1 fully saturated rings. The Morgan fingerprint density at radius 1 is 1.07 bits per heavy atom. The lowest BCUT2D eigenvalue weighted by Gasteiger charge is -2.14. The number of rotatable bonds is 8. The molecule has 1 N–H and O–H groups in total. The first-order valence-corrected chi connectivity index (χ1v) is 13.0. The Morgan fingerprint density at radius 2 is 1.85 bits per heavy atom. The van der Waals surface area contributed by atoms with Gasteiger partial charge in [0.25, 0.3) is 0 Å². The van der Waals surface area contributed by atoms with Crippen LogP contribution in [0.25, 0.3) is 33.3 Å².